The van der Waals surface area contributed by atoms with Crippen LogP contribution in [-0.2, 0) is 0 Å². The topological polar surface area (TPSA) is 57.3 Å². The molecule has 2 N–H and O–H groups in total. The van der Waals surface area contributed by atoms with Gasteiger partial charge in [0.15, 0.2) is 5.13 Å². The molecule has 1 aromatic heterocycles. The molecule has 1 heterocycles. The molecule has 1 saturated carbocycles. The van der Waals surface area contributed by atoms with Crippen LogP contribution in [0.3, 0.4) is 0 Å². The maximum atomic E-state index is 12.1. The largest absolute Gasteiger partial charge is 0.336 e. The third kappa shape index (κ3) is 5.77. The molecule has 23 heavy (non-hydrogen) atoms. The fourth-order valence-electron chi connectivity index (χ4n) is 2.91. The molecule has 1 aliphatic carbocycles. The van der Waals surface area contributed by atoms with Crippen molar-refractivity contribution in [3.63, 3.8) is 0 Å². The second kappa shape index (κ2) is 8.64. The van der Waals surface area contributed by atoms with Gasteiger partial charge in [0, 0.05) is 23.9 Å². The number of anilines is 1. The highest BCUT2D eigenvalue weighted by molar-refractivity contribution is 7.13. The molecular weight excluding hydrogens is 308 g/mol. The first-order valence-corrected chi connectivity index (χ1v) is 9.65. The van der Waals surface area contributed by atoms with Gasteiger partial charge in [-0.1, -0.05) is 27.7 Å². The van der Waals surface area contributed by atoms with E-state index < -0.39 is 0 Å². The van der Waals surface area contributed by atoms with Crippen LogP contribution < -0.4 is 10.6 Å². The predicted octanol–water partition coefficient (Wildman–Crippen LogP) is 3.90. The molecule has 1 fully saturated rings. The Hall–Kier alpha value is -1.14. The minimum Gasteiger partial charge on any atom is -0.336 e. The Bertz CT molecular complexity index is 495. The first kappa shape index (κ1) is 18.2. The van der Waals surface area contributed by atoms with Crippen LogP contribution in [0.25, 0.3) is 0 Å². The Kier molecular flexibility index (Phi) is 6.84. The first-order chi connectivity index (χ1) is 11.0. The Morgan fingerprint density at radius 2 is 2.09 bits per heavy atom. The van der Waals surface area contributed by atoms with E-state index in [4.69, 9.17) is 0 Å². The number of amides is 2. The molecule has 1 aliphatic rings. The third-order valence-corrected chi connectivity index (χ3v) is 5.08. The van der Waals surface area contributed by atoms with Gasteiger partial charge in [-0.3, -0.25) is 10.2 Å². The molecule has 1 atom stereocenters. The maximum Gasteiger partial charge on any atom is 0.321 e. The van der Waals surface area contributed by atoms with Crippen molar-refractivity contribution in [3.8, 4) is 0 Å². The summed E-state index contributed by atoms with van der Waals surface area (Å²) in [6.45, 7) is 11.5. The number of urea groups is 1. The summed E-state index contributed by atoms with van der Waals surface area (Å²) in [5, 5.41) is 8.64. The van der Waals surface area contributed by atoms with E-state index in [0.717, 1.165) is 25.2 Å². The number of aromatic nitrogens is 1. The Balaban J connectivity index is 1.81. The lowest BCUT2D eigenvalue weighted by Gasteiger charge is -2.31. The highest BCUT2D eigenvalue weighted by atomic mass is 32.1. The molecule has 2 amide bonds. The zero-order valence-corrected chi connectivity index (χ0v) is 15.6. The molecule has 0 aliphatic heterocycles. The lowest BCUT2D eigenvalue weighted by Crippen LogP contribution is -2.45. The number of nitrogens with zero attached hydrogens (tertiary/aromatic N) is 2. The van der Waals surface area contributed by atoms with Gasteiger partial charge < -0.3 is 5.32 Å². The number of likely N-dealkylation sites (N-methyl/N-ethyl adjacent to an activating group) is 1. The summed E-state index contributed by atoms with van der Waals surface area (Å²) in [6.07, 6.45) is 3.55. The summed E-state index contributed by atoms with van der Waals surface area (Å²) in [5.41, 5.74) is 1.13. The van der Waals surface area contributed by atoms with Gasteiger partial charge in [0.1, 0.15) is 0 Å². The lowest BCUT2D eigenvalue weighted by molar-refractivity contribution is 0.186. The highest BCUT2D eigenvalue weighted by Crippen LogP contribution is 2.40. The van der Waals surface area contributed by atoms with Gasteiger partial charge in [0.05, 0.1) is 5.69 Å². The van der Waals surface area contributed by atoms with Crippen LogP contribution in [0.15, 0.2) is 5.38 Å². The molecule has 0 aromatic carbocycles. The van der Waals surface area contributed by atoms with Gasteiger partial charge >= 0.3 is 6.03 Å². The van der Waals surface area contributed by atoms with Crippen LogP contribution in [0.2, 0.25) is 0 Å². The minimum absolute atomic E-state index is 0.150. The SMILES string of the molecule is CCN(CC)C(CNC(=O)Nc1nc(C2CC2)cs1)CC(C)C. The fraction of sp³-hybridized carbons (Fsp3) is 0.765. The van der Waals surface area contributed by atoms with E-state index in [-0.39, 0.29) is 6.03 Å². The monoisotopic (exact) mass is 338 g/mol. The number of hydrogen-bond donors (Lipinski definition) is 2. The van der Waals surface area contributed by atoms with Gasteiger partial charge in [0.25, 0.3) is 0 Å². The Morgan fingerprint density at radius 3 is 2.65 bits per heavy atom. The molecule has 2 rings (SSSR count). The van der Waals surface area contributed by atoms with E-state index in [1.54, 1.807) is 0 Å². The lowest BCUT2D eigenvalue weighted by atomic mass is 10.0. The summed E-state index contributed by atoms with van der Waals surface area (Å²) in [4.78, 5) is 19.0. The number of carbonyl (C=O) groups excluding carboxylic acids is 1. The van der Waals surface area contributed by atoms with E-state index >= 15 is 0 Å². The quantitative estimate of drug-likeness (QED) is 0.718. The first-order valence-electron chi connectivity index (χ1n) is 8.77. The van der Waals surface area contributed by atoms with Crippen molar-refractivity contribution >= 4 is 22.5 Å². The number of rotatable bonds is 9. The second-order valence-corrected chi connectivity index (χ2v) is 7.55. The van der Waals surface area contributed by atoms with Crippen molar-refractivity contribution in [2.45, 2.75) is 58.9 Å². The van der Waals surface area contributed by atoms with E-state index in [0.29, 0.717) is 29.6 Å². The van der Waals surface area contributed by atoms with Crippen LogP contribution in [-0.4, -0.2) is 41.6 Å². The molecule has 0 spiro atoms. The molecule has 1 aromatic rings. The normalized spacial score (nSPS) is 15.9. The van der Waals surface area contributed by atoms with E-state index in [9.17, 15) is 4.79 Å². The summed E-state index contributed by atoms with van der Waals surface area (Å²) >= 11 is 1.51. The van der Waals surface area contributed by atoms with Crippen LogP contribution in [0.1, 0.15) is 58.6 Å². The molecule has 1 unspecified atom stereocenters. The average molecular weight is 339 g/mol. The zero-order valence-electron chi connectivity index (χ0n) is 14.8. The summed E-state index contributed by atoms with van der Waals surface area (Å²) in [5.74, 6) is 1.24. The second-order valence-electron chi connectivity index (χ2n) is 6.69. The highest BCUT2D eigenvalue weighted by Gasteiger charge is 2.26. The van der Waals surface area contributed by atoms with Gasteiger partial charge in [-0.2, -0.15) is 0 Å². The zero-order chi connectivity index (χ0) is 16.8. The van der Waals surface area contributed by atoms with E-state index in [1.165, 1.54) is 24.2 Å². The van der Waals surface area contributed by atoms with Crippen LogP contribution in [0.4, 0.5) is 9.93 Å². The van der Waals surface area contributed by atoms with Crippen molar-refractivity contribution in [3.05, 3.63) is 11.1 Å². The number of thiazole rings is 1. The van der Waals surface area contributed by atoms with Gasteiger partial charge in [-0.15, -0.1) is 11.3 Å². The Labute approximate surface area is 143 Å². The van der Waals surface area contributed by atoms with Gasteiger partial charge in [-0.25, -0.2) is 9.78 Å². The number of nitrogens with one attached hydrogen (secondary N) is 2. The molecular formula is C17H30N4OS. The van der Waals surface area contributed by atoms with Crippen molar-refractivity contribution in [2.75, 3.05) is 25.0 Å². The Morgan fingerprint density at radius 1 is 1.39 bits per heavy atom. The van der Waals surface area contributed by atoms with Crippen LogP contribution in [0, 0.1) is 5.92 Å². The smallest absolute Gasteiger partial charge is 0.321 e. The summed E-state index contributed by atoms with van der Waals surface area (Å²) in [7, 11) is 0. The molecule has 0 radical (unpaired) electrons. The van der Waals surface area contributed by atoms with Crippen molar-refractivity contribution < 1.29 is 4.79 Å². The molecule has 6 heteroatoms. The van der Waals surface area contributed by atoms with E-state index in [2.05, 4.69) is 53.6 Å². The van der Waals surface area contributed by atoms with Crippen LogP contribution >= 0.6 is 11.3 Å². The van der Waals surface area contributed by atoms with Crippen LogP contribution in [0.5, 0.6) is 0 Å². The molecule has 0 saturated heterocycles. The summed E-state index contributed by atoms with van der Waals surface area (Å²) in [6, 6.07) is 0.233. The van der Waals surface area contributed by atoms with Crippen molar-refractivity contribution in [1.29, 1.82) is 0 Å². The molecule has 5 nitrogen and oxygen atoms in total. The fourth-order valence-corrected chi connectivity index (χ4v) is 3.69. The number of hydrogen-bond acceptors (Lipinski definition) is 4. The average Bonchev–Trinajstić information content (AvgIpc) is 3.26. The molecule has 0 bridgehead atoms. The molecule has 130 valence electrons. The number of carbonyl (C=O) groups is 1. The van der Waals surface area contributed by atoms with Gasteiger partial charge in [-0.05, 0) is 38.3 Å². The van der Waals surface area contributed by atoms with Gasteiger partial charge in [0.2, 0.25) is 0 Å². The third-order valence-electron chi connectivity index (χ3n) is 4.31. The standard InChI is InChI=1S/C17H30N4OS/c1-5-21(6-2)14(9-12(3)4)10-18-16(22)20-17-19-15(11-23-17)13-7-8-13/h11-14H,5-10H2,1-4H3,(H2,18,19,20,22). The maximum absolute atomic E-state index is 12.1. The minimum atomic E-state index is -0.150. The van der Waals surface area contributed by atoms with Crippen molar-refractivity contribution in [2.24, 2.45) is 5.92 Å². The van der Waals surface area contributed by atoms with Crippen molar-refractivity contribution in [1.82, 2.24) is 15.2 Å². The summed E-state index contributed by atoms with van der Waals surface area (Å²) < 4.78 is 0. The predicted molar refractivity (Wildman–Crippen MR) is 97.3 cm³/mol. The van der Waals surface area contributed by atoms with E-state index in [1.807, 2.05) is 0 Å².